The van der Waals surface area contributed by atoms with Gasteiger partial charge in [0.25, 0.3) is 0 Å². The molecule has 38 heavy (non-hydrogen) atoms. The van der Waals surface area contributed by atoms with Gasteiger partial charge < -0.3 is 14.8 Å². The maximum absolute atomic E-state index is 13.2. The molecule has 0 unspecified atom stereocenters. The third kappa shape index (κ3) is 5.98. The van der Waals surface area contributed by atoms with Gasteiger partial charge in [0.1, 0.15) is 18.2 Å². The number of ether oxygens (including phenoxy) is 2. The van der Waals surface area contributed by atoms with Gasteiger partial charge in [0.05, 0.1) is 30.3 Å². The van der Waals surface area contributed by atoms with Gasteiger partial charge in [-0.05, 0) is 24.3 Å². The number of carbonyl (C=O) groups excluding carboxylic acids is 1. The van der Waals surface area contributed by atoms with E-state index < -0.39 is 0 Å². The van der Waals surface area contributed by atoms with E-state index in [0.717, 1.165) is 60.8 Å². The molecule has 0 saturated carbocycles. The molecular formula is C30H35N5O3. The number of morpholine rings is 1. The first-order chi connectivity index (χ1) is 18.4. The predicted molar refractivity (Wildman–Crippen MR) is 152 cm³/mol. The number of nitrogens with one attached hydrogen (secondary N) is 2. The van der Waals surface area contributed by atoms with Gasteiger partial charge in [-0.3, -0.25) is 10.2 Å². The highest BCUT2D eigenvalue weighted by atomic mass is 16.5. The summed E-state index contributed by atoms with van der Waals surface area (Å²) in [7, 11) is 0. The fourth-order valence-electron chi connectivity index (χ4n) is 4.49. The average Bonchev–Trinajstić information content (AvgIpc) is 3.35. The van der Waals surface area contributed by atoms with Crippen molar-refractivity contribution in [2.24, 2.45) is 0 Å². The molecule has 2 amide bonds. The van der Waals surface area contributed by atoms with Crippen LogP contribution in [0.4, 0.5) is 16.3 Å². The third-order valence-corrected chi connectivity index (χ3v) is 6.62. The minimum atomic E-state index is -0.339. The monoisotopic (exact) mass is 513 g/mol. The van der Waals surface area contributed by atoms with Crippen molar-refractivity contribution in [2.75, 3.05) is 50.1 Å². The molecule has 0 aliphatic carbocycles. The van der Waals surface area contributed by atoms with E-state index in [0.29, 0.717) is 18.1 Å². The van der Waals surface area contributed by atoms with Crippen molar-refractivity contribution < 1.29 is 14.3 Å². The lowest BCUT2D eigenvalue weighted by molar-refractivity contribution is 0.0323. The van der Waals surface area contributed by atoms with Gasteiger partial charge in [-0.2, -0.15) is 5.10 Å². The topological polar surface area (TPSA) is 80.6 Å². The lowest BCUT2D eigenvalue weighted by atomic mass is 9.92. The molecule has 1 aliphatic heterocycles. The minimum Gasteiger partial charge on any atom is -0.492 e. The van der Waals surface area contributed by atoms with Gasteiger partial charge in [0, 0.05) is 41.9 Å². The molecule has 2 heterocycles. The number of para-hydroxylation sites is 1. The number of fused-ring (bicyclic) bond motifs is 1. The summed E-state index contributed by atoms with van der Waals surface area (Å²) in [6.07, 6.45) is 0. The lowest BCUT2D eigenvalue weighted by Crippen LogP contribution is -2.38. The lowest BCUT2D eigenvalue weighted by Gasteiger charge is -2.26. The van der Waals surface area contributed by atoms with Gasteiger partial charge in [-0.25, -0.2) is 9.48 Å². The van der Waals surface area contributed by atoms with Gasteiger partial charge in [-0.1, -0.05) is 63.2 Å². The minimum absolute atomic E-state index is 0.166. The number of amides is 2. The summed E-state index contributed by atoms with van der Waals surface area (Å²) in [6, 6.07) is 23.1. The molecule has 0 atom stereocenters. The summed E-state index contributed by atoms with van der Waals surface area (Å²) < 4.78 is 13.3. The zero-order valence-corrected chi connectivity index (χ0v) is 22.2. The summed E-state index contributed by atoms with van der Waals surface area (Å²) in [6.45, 7) is 11.2. The molecule has 198 valence electrons. The highest BCUT2D eigenvalue weighted by molar-refractivity contribution is 6.07. The summed E-state index contributed by atoms with van der Waals surface area (Å²) in [4.78, 5) is 15.5. The van der Waals surface area contributed by atoms with Crippen molar-refractivity contribution in [1.82, 2.24) is 14.7 Å². The Labute approximate surface area is 223 Å². The van der Waals surface area contributed by atoms with Crippen LogP contribution in [0.5, 0.6) is 5.75 Å². The summed E-state index contributed by atoms with van der Waals surface area (Å²) >= 11 is 0. The number of nitrogens with zero attached hydrogens (tertiary/aromatic N) is 3. The van der Waals surface area contributed by atoms with Crippen molar-refractivity contribution in [2.45, 2.75) is 26.2 Å². The van der Waals surface area contributed by atoms with Crippen LogP contribution >= 0.6 is 0 Å². The van der Waals surface area contributed by atoms with E-state index in [1.54, 1.807) is 4.68 Å². The Hall–Kier alpha value is -3.88. The van der Waals surface area contributed by atoms with E-state index in [9.17, 15) is 4.79 Å². The second-order valence-electron chi connectivity index (χ2n) is 10.5. The number of benzene rings is 3. The molecule has 5 rings (SSSR count). The zero-order chi connectivity index (χ0) is 26.5. The highest BCUT2D eigenvalue weighted by Gasteiger charge is 2.22. The molecule has 1 aliphatic rings. The predicted octanol–water partition coefficient (Wildman–Crippen LogP) is 5.68. The number of anilines is 2. The number of urea groups is 1. The first-order valence-corrected chi connectivity index (χ1v) is 13.1. The maximum Gasteiger partial charge on any atom is 0.324 e. The smallest absolute Gasteiger partial charge is 0.324 e. The van der Waals surface area contributed by atoms with E-state index in [1.807, 2.05) is 72.8 Å². The van der Waals surface area contributed by atoms with Crippen LogP contribution in [0.3, 0.4) is 0 Å². The fourth-order valence-corrected chi connectivity index (χ4v) is 4.49. The summed E-state index contributed by atoms with van der Waals surface area (Å²) in [5.74, 6) is 1.41. The van der Waals surface area contributed by atoms with Gasteiger partial charge in [0.2, 0.25) is 0 Å². The molecule has 0 spiro atoms. The van der Waals surface area contributed by atoms with Gasteiger partial charge in [0.15, 0.2) is 0 Å². The van der Waals surface area contributed by atoms with Crippen molar-refractivity contribution in [1.29, 1.82) is 0 Å². The molecule has 1 fully saturated rings. The average molecular weight is 514 g/mol. The number of aromatic nitrogens is 2. The summed E-state index contributed by atoms with van der Waals surface area (Å²) in [5, 5.41) is 12.7. The molecule has 0 radical (unpaired) electrons. The summed E-state index contributed by atoms with van der Waals surface area (Å²) in [5.41, 5.74) is 2.31. The Morgan fingerprint density at radius 1 is 0.947 bits per heavy atom. The van der Waals surface area contributed by atoms with Crippen LogP contribution < -0.4 is 15.4 Å². The Balaban J connectivity index is 1.33. The van der Waals surface area contributed by atoms with Crippen LogP contribution in [0.2, 0.25) is 0 Å². The van der Waals surface area contributed by atoms with E-state index in [-0.39, 0.29) is 11.4 Å². The Bertz CT molecular complexity index is 1390. The molecule has 8 heteroatoms. The third-order valence-electron chi connectivity index (χ3n) is 6.62. The zero-order valence-electron chi connectivity index (χ0n) is 22.2. The van der Waals surface area contributed by atoms with Crippen molar-refractivity contribution >= 4 is 28.3 Å². The van der Waals surface area contributed by atoms with E-state index in [2.05, 4.69) is 36.3 Å². The molecule has 2 N–H and O–H groups in total. The standard InChI is InChI=1S/C30H35N5O3/c1-30(2,3)27-21-28(35(33-27)22-9-5-4-6-10-22)32-29(36)31-25-13-14-26(24-12-8-7-11-23(24)25)38-20-17-34-15-18-37-19-16-34/h4-14,21H,15-20H2,1-3H3,(H2,31,32,36). The van der Waals surface area contributed by atoms with Gasteiger partial charge >= 0.3 is 6.03 Å². The number of rotatable bonds is 7. The molecule has 1 aromatic heterocycles. The first-order valence-electron chi connectivity index (χ1n) is 13.1. The van der Waals surface area contributed by atoms with Crippen molar-refractivity contribution in [3.63, 3.8) is 0 Å². The van der Waals surface area contributed by atoms with Crippen molar-refractivity contribution in [3.8, 4) is 11.4 Å². The van der Waals surface area contributed by atoms with E-state index in [1.165, 1.54) is 0 Å². The van der Waals surface area contributed by atoms with E-state index in [4.69, 9.17) is 14.6 Å². The van der Waals surface area contributed by atoms with Crippen molar-refractivity contribution in [3.05, 3.63) is 78.5 Å². The number of hydrogen-bond acceptors (Lipinski definition) is 5. The second kappa shape index (κ2) is 11.2. The second-order valence-corrected chi connectivity index (χ2v) is 10.5. The normalized spacial score (nSPS) is 14.4. The highest BCUT2D eigenvalue weighted by Crippen LogP contribution is 2.32. The number of carbonyl (C=O) groups is 1. The molecular weight excluding hydrogens is 478 g/mol. The molecule has 8 nitrogen and oxygen atoms in total. The quantitative estimate of drug-likeness (QED) is 0.332. The van der Waals surface area contributed by atoms with Crippen LogP contribution in [0.25, 0.3) is 16.5 Å². The van der Waals surface area contributed by atoms with Crippen LogP contribution in [0, 0.1) is 0 Å². The maximum atomic E-state index is 13.2. The molecule has 0 bridgehead atoms. The molecule has 3 aromatic carbocycles. The largest absolute Gasteiger partial charge is 0.492 e. The number of hydrogen-bond donors (Lipinski definition) is 2. The molecule has 1 saturated heterocycles. The SMILES string of the molecule is CC(C)(C)c1cc(NC(=O)Nc2ccc(OCCN3CCOCC3)c3ccccc23)n(-c2ccccc2)n1. The van der Waals surface area contributed by atoms with Crippen LogP contribution in [-0.4, -0.2) is 60.2 Å². The Kier molecular flexibility index (Phi) is 7.62. The van der Waals surface area contributed by atoms with Gasteiger partial charge in [-0.15, -0.1) is 0 Å². The van der Waals surface area contributed by atoms with E-state index >= 15 is 0 Å². The Morgan fingerprint density at radius 3 is 2.39 bits per heavy atom. The molecule has 4 aromatic rings. The Morgan fingerprint density at radius 2 is 1.66 bits per heavy atom. The fraction of sp³-hybridized carbons (Fsp3) is 0.333. The first kappa shape index (κ1) is 25.8. The van der Waals surface area contributed by atoms with Crippen LogP contribution in [0.1, 0.15) is 26.5 Å². The van der Waals surface area contributed by atoms with Crippen LogP contribution in [0.15, 0.2) is 72.8 Å². The van der Waals surface area contributed by atoms with Crippen LogP contribution in [-0.2, 0) is 10.2 Å².